The summed E-state index contributed by atoms with van der Waals surface area (Å²) in [6.07, 6.45) is -0.313. The van der Waals surface area contributed by atoms with Gasteiger partial charge in [0.25, 0.3) is 0 Å². The second-order valence-electron chi connectivity index (χ2n) is 13.5. The summed E-state index contributed by atoms with van der Waals surface area (Å²) in [5, 5.41) is 13.4. The van der Waals surface area contributed by atoms with Crippen LogP contribution in [0.15, 0.2) is 48.5 Å². The molecule has 10 heteroatoms. The molecule has 6 aliphatic rings. The fourth-order valence-corrected chi connectivity index (χ4v) is 9.23. The van der Waals surface area contributed by atoms with Gasteiger partial charge in [-0.25, -0.2) is 0 Å². The van der Waals surface area contributed by atoms with Crippen LogP contribution >= 0.6 is 0 Å². The molecule has 8 atom stereocenters. The third-order valence-corrected chi connectivity index (χ3v) is 11.0. The Labute approximate surface area is 244 Å². The SMILES string of the molecule is CC(C)C1NC(=O)C2CC3(C45CC6C(=O)NC(C(C)C)C(=O)N6C4Nc4ccccc45)c4ccccc4NC3N2C1=O. The van der Waals surface area contributed by atoms with Gasteiger partial charge in [0.1, 0.15) is 36.5 Å². The minimum atomic E-state index is -0.803. The second kappa shape index (κ2) is 8.26. The van der Waals surface area contributed by atoms with Crippen LogP contribution in [0.2, 0.25) is 0 Å². The average molecular weight is 569 g/mol. The highest BCUT2D eigenvalue weighted by Gasteiger charge is 2.78. The maximum absolute atomic E-state index is 14.2. The highest BCUT2D eigenvalue weighted by atomic mass is 16.2. The van der Waals surface area contributed by atoms with Crippen LogP contribution in [0, 0.1) is 11.8 Å². The Morgan fingerprint density at radius 2 is 1.00 bits per heavy atom. The normalized spacial score (nSPS) is 37.4. The molecule has 2 aromatic rings. The summed E-state index contributed by atoms with van der Waals surface area (Å²) in [5.74, 6) is -0.654. The summed E-state index contributed by atoms with van der Waals surface area (Å²) < 4.78 is 0. The van der Waals surface area contributed by atoms with E-state index in [1.807, 2.05) is 64.1 Å². The lowest BCUT2D eigenvalue weighted by Gasteiger charge is -2.48. The monoisotopic (exact) mass is 568 g/mol. The van der Waals surface area contributed by atoms with E-state index in [9.17, 15) is 19.2 Å². The van der Waals surface area contributed by atoms with Gasteiger partial charge in [0.2, 0.25) is 23.6 Å². The number of fused-ring (bicyclic) bond motifs is 11. The van der Waals surface area contributed by atoms with Gasteiger partial charge in [0, 0.05) is 11.4 Å². The first kappa shape index (κ1) is 25.6. The summed E-state index contributed by atoms with van der Waals surface area (Å²) in [6.45, 7) is 7.78. The van der Waals surface area contributed by atoms with Crippen LogP contribution in [0.3, 0.4) is 0 Å². The quantitative estimate of drug-likeness (QED) is 0.449. The molecule has 2 aromatic carbocycles. The molecule has 0 saturated carbocycles. The second-order valence-corrected chi connectivity index (χ2v) is 13.5. The van der Waals surface area contributed by atoms with Gasteiger partial charge in [0.15, 0.2) is 0 Å². The van der Waals surface area contributed by atoms with Crippen molar-refractivity contribution in [2.75, 3.05) is 10.6 Å². The molecule has 218 valence electrons. The van der Waals surface area contributed by atoms with Crippen molar-refractivity contribution in [2.24, 2.45) is 11.8 Å². The molecule has 10 nitrogen and oxygen atoms in total. The zero-order chi connectivity index (χ0) is 29.3. The summed E-state index contributed by atoms with van der Waals surface area (Å²) in [4.78, 5) is 59.5. The standard InChI is InChI=1S/C32H36N6O4/c1-15(2)23-27(41)37-21(25(39)35-23)13-31(17-9-5-7-11-19(17)33-29(31)37)32-14-22-26(40)36-24(16(3)4)28(42)38(22)30(32)34-20-12-8-6-10-18(20)32/h5-12,15-16,21-24,29-30,33-34H,13-14H2,1-4H3,(H,35,39)(H,36,40). The third-order valence-electron chi connectivity index (χ3n) is 11.0. The molecule has 8 unspecified atom stereocenters. The third kappa shape index (κ3) is 2.81. The number of nitrogens with zero attached hydrogens (tertiary/aromatic N) is 2. The van der Waals surface area contributed by atoms with Gasteiger partial charge >= 0.3 is 0 Å². The van der Waals surface area contributed by atoms with Crippen LogP contribution < -0.4 is 21.3 Å². The summed E-state index contributed by atoms with van der Waals surface area (Å²) in [5.41, 5.74) is 2.26. The zero-order valence-corrected chi connectivity index (χ0v) is 24.2. The van der Waals surface area contributed by atoms with Gasteiger partial charge in [-0.3, -0.25) is 19.2 Å². The van der Waals surface area contributed by atoms with Crippen LogP contribution in [0.4, 0.5) is 11.4 Å². The number of amides is 4. The fourth-order valence-electron chi connectivity index (χ4n) is 9.23. The van der Waals surface area contributed by atoms with Crippen molar-refractivity contribution in [1.29, 1.82) is 0 Å². The Hall–Kier alpha value is -4.08. The predicted octanol–water partition coefficient (Wildman–Crippen LogP) is 1.88. The molecular weight excluding hydrogens is 532 g/mol. The number of anilines is 2. The maximum atomic E-state index is 14.2. The van der Waals surface area contributed by atoms with E-state index in [2.05, 4.69) is 33.4 Å². The highest BCUT2D eigenvalue weighted by molar-refractivity contribution is 6.01. The fraction of sp³-hybridized carbons (Fsp3) is 0.500. The number of para-hydroxylation sites is 2. The van der Waals surface area contributed by atoms with Crippen LogP contribution in [-0.4, -0.2) is 69.9 Å². The Kier molecular flexibility index (Phi) is 5.04. The van der Waals surface area contributed by atoms with Crippen molar-refractivity contribution in [3.63, 3.8) is 0 Å². The molecule has 0 aromatic heterocycles. The Morgan fingerprint density at radius 3 is 1.38 bits per heavy atom. The molecule has 0 bridgehead atoms. The van der Waals surface area contributed by atoms with Gasteiger partial charge in [-0.1, -0.05) is 64.1 Å². The van der Waals surface area contributed by atoms with Crippen molar-refractivity contribution in [2.45, 2.75) is 87.9 Å². The number of rotatable bonds is 3. The molecule has 4 fully saturated rings. The number of carbonyl (C=O) groups excluding carboxylic acids is 4. The average Bonchev–Trinajstić information content (AvgIpc) is 3.66. The number of carbonyl (C=O) groups is 4. The molecule has 0 spiro atoms. The number of hydrogen-bond acceptors (Lipinski definition) is 6. The van der Waals surface area contributed by atoms with E-state index in [0.29, 0.717) is 12.8 Å². The number of benzene rings is 2. The van der Waals surface area contributed by atoms with E-state index < -0.39 is 47.3 Å². The Bertz CT molecular complexity index is 1460. The van der Waals surface area contributed by atoms with E-state index in [-0.39, 0.29) is 35.5 Å². The molecule has 8 rings (SSSR count). The number of hydrogen-bond donors (Lipinski definition) is 4. The molecular formula is C32H36N6O4. The van der Waals surface area contributed by atoms with Crippen molar-refractivity contribution < 1.29 is 19.2 Å². The number of nitrogens with one attached hydrogen (secondary N) is 4. The van der Waals surface area contributed by atoms with Gasteiger partial charge in [-0.2, -0.15) is 0 Å². The topological polar surface area (TPSA) is 123 Å². The first-order chi connectivity index (χ1) is 20.1. The van der Waals surface area contributed by atoms with E-state index in [0.717, 1.165) is 22.5 Å². The van der Waals surface area contributed by atoms with Gasteiger partial charge < -0.3 is 31.1 Å². The Balaban J connectivity index is 1.39. The zero-order valence-electron chi connectivity index (χ0n) is 24.2. The van der Waals surface area contributed by atoms with E-state index >= 15 is 0 Å². The molecule has 0 radical (unpaired) electrons. The minimum absolute atomic E-state index is 0.0734. The maximum Gasteiger partial charge on any atom is 0.247 e. The minimum Gasteiger partial charge on any atom is -0.364 e. The van der Waals surface area contributed by atoms with Crippen LogP contribution in [-0.2, 0) is 30.0 Å². The van der Waals surface area contributed by atoms with E-state index in [1.165, 1.54) is 0 Å². The molecule has 6 heterocycles. The molecule has 4 N–H and O–H groups in total. The van der Waals surface area contributed by atoms with Crippen LogP contribution in [0.1, 0.15) is 51.7 Å². The first-order valence-corrected chi connectivity index (χ1v) is 15.1. The lowest BCUT2D eigenvalue weighted by Crippen LogP contribution is -2.67. The van der Waals surface area contributed by atoms with Gasteiger partial charge in [-0.15, -0.1) is 0 Å². The van der Waals surface area contributed by atoms with E-state index in [1.54, 1.807) is 9.80 Å². The predicted molar refractivity (Wildman–Crippen MR) is 155 cm³/mol. The summed E-state index contributed by atoms with van der Waals surface area (Å²) >= 11 is 0. The lowest BCUT2D eigenvalue weighted by molar-refractivity contribution is -0.150. The van der Waals surface area contributed by atoms with Crippen LogP contribution in [0.25, 0.3) is 0 Å². The van der Waals surface area contributed by atoms with Crippen molar-refractivity contribution >= 4 is 35.0 Å². The van der Waals surface area contributed by atoms with E-state index in [4.69, 9.17) is 0 Å². The smallest absolute Gasteiger partial charge is 0.247 e. The Morgan fingerprint density at radius 1 is 0.619 bits per heavy atom. The lowest BCUT2D eigenvalue weighted by atomic mass is 9.54. The molecule has 4 amide bonds. The van der Waals surface area contributed by atoms with Crippen molar-refractivity contribution in [3.8, 4) is 0 Å². The van der Waals surface area contributed by atoms with Crippen LogP contribution in [0.5, 0.6) is 0 Å². The summed E-state index contributed by atoms with van der Waals surface area (Å²) in [7, 11) is 0. The molecule has 0 aliphatic carbocycles. The largest absolute Gasteiger partial charge is 0.364 e. The molecule has 6 aliphatic heterocycles. The van der Waals surface area contributed by atoms with Crippen molar-refractivity contribution in [3.05, 3.63) is 59.7 Å². The number of piperazine rings is 2. The summed E-state index contributed by atoms with van der Waals surface area (Å²) in [6, 6.07) is 13.6. The van der Waals surface area contributed by atoms with Gasteiger partial charge in [0.05, 0.1) is 10.8 Å². The van der Waals surface area contributed by atoms with Gasteiger partial charge in [-0.05, 0) is 47.9 Å². The van der Waals surface area contributed by atoms with Crippen molar-refractivity contribution in [1.82, 2.24) is 20.4 Å². The first-order valence-electron chi connectivity index (χ1n) is 15.1. The molecule has 42 heavy (non-hydrogen) atoms. The highest BCUT2D eigenvalue weighted by Crippen LogP contribution is 2.68. The molecule has 4 saturated heterocycles.